The van der Waals surface area contributed by atoms with Gasteiger partial charge in [0.15, 0.2) is 5.65 Å². The van der Waals surface area contributed by atoms with E-state index in [4.69, 9.17) is 17.3 Å². The number of hydrogen-bond donors (Lipinski definition) is 1. The molecule has 0 saturated heterocycles. The lowest BCUT2D eigenvalue weighted by Gasteiger charge is -2.07. The Kier molecular flexibility index (Phi) is 3.92. The fourth-order valence-corrected chi connectivity index (χ4v) is 2.71. The maximum Gasteiger partial charge on any atom is 0.225 e. The van der Waals surface area contributed by atoms with Crippen LogP contribution in [0.4, 0.5) is 14.7 Å². The zero-order valence-electron chi connectivity index (χ0n) is 13.1. The number of imidazole rings is 1. The van der Waals surface area contributed by atoms with Gasteiger partial charge in [0.1, 0.15) is 22.8 Å². The van der Waals surface area contributed by atoms with Gasteiger partial charge in [0.25, 0.3) is 0 Å². The molecule has 0 aliphatic carbocycles. The van der Waals surface area contributed by atoms with Crippen molar-refractivity contribution < 1.29 is 8.78 Å². The van der Waals surface area contributed by atoms with Gasteiger partial charge in [-0.3, -0.25) is 0 Å². The standard InChI is InChI=1S/C16H10ClF2N7/c17-15-24-12(8-4-21-16(20)22-5-8)13-14(25-15)26(7-23-13)6-9-10(18)2-1-3-11(9)19/h1-5,7H,6H2,(H2,20,21,22). The van der Waals surface area contributed by atoms with Crippen LogP contribution < -0.4 is 5.73 Å². The molecule has 0 bridgehead atoms. The summed E-state index contributed by atoms with van der Waals surface area (Å²) in [5.74, 6) is -1.19. The topological polar surface area (TPSA) is 95.4 Å². The van der Waals surface area contributed by atoms with E-state index in [-0.39, 0.29) is 23.3 Å². The summed E-state index contributed by atoms with van der Waals surface area (Å²) in [5.41, 5.74) is 7.06. The number of nitrogens with zero attached hydrogens (tertiary/aromatic N) is 6. The Morgan fingerprint density at radius 3 is 2.42 bits per heavy atom. The summed E-state index contributed by atoms with van der Waals surface area (Å²) in [6.07, 6.45) is 4.38. The molecular formula is C16H10ClF2N7. The molecule has 130 valence electrons. The molecule has 1 aromatic carbocycles. The fraction of sp³-hybridized carbons (Fsp3) is 0.0625. The van der Waals surface area contributed by atoms with Crippen molar-refractivity contribution in [3.63, 3.8) is 0 Å². The van der Waals surface area contributed by atoms with Gasteiger partial charge in [-0.05, 0) is 23.7 Å². The molecule has 4 aromatic rings. The van der Waals surface area contributed by atoms with E-state index >= 15 is 0 Å². The van der Waals surface area contributed by atoms with Crippen molar-refractivity contribution in [2.24, 2.45) is 0 Å². The molecule has 0 aliphatic heterocycles. The van der Waals surface area contributed by atoms with Gasteiger partial charge in [0.05, 0.1) is 12.9 Å². The van der Waals surface area contributed by atoms with Crippen LogP contribution in [0.2, 0.25) is 5.28 Å². The van der Waals surface area contributed by atoms with Gasteiger partial charge in [-0.1, -0.05) is 6.07 Å². The van der Waals surface area contributed by atoms with Gasteiger partial charge < -0.3 is 10.3 Å². The first-order valence-corrected chi connectivity index (χ1v) is 7.80. The lowest BCUT2D eigenvalue weighted by Crippen LogP contribution is -2.05. The van der Waals surface area contributed by atoms with Crippen LogP contribution in [0.1, 0.15) is 5.56 Å². The van der Waals surface area contributed by atoms with Crippen molar-refractivity contribution in [2.45, 2.75) is 6.54 Å². The monoisotopic (exact) mass is 373 g/mol. The zero-order chi connectivity index (χ0) is 18.3. The molecule has 0 atom stereocenters. The number of anilines is 1. The molecule has 0 saturated carbocycles. The number of benzene rings is 1. The Balaban J connectivity index is 1.85. The Morgan fingerprint density at radius 2 is 1.73 bits per heavy atom. The van der Waals surface area contributed by atoms with E-state index < -0.39 is 11.6 Å². The van der Waals surface area contributed by atoms with E-state index in [1.165, 1.54) is 41.5 Å². The first-order chi connectivity index (χ1) is 12.5. The van der Waals surface area contributed by atoms with E-state index in [0.717, 1.165) is 0 Å². The minimum atomic E-state index is -0.654. The molecule has 0 unspecified atom stereocenters. The quantitative estimate of drug-likeness (QED) is 0.555. The lowest BCUT2D eigenvalue weighted by molar-refractivity contribution is 0.546. The molecule has 0 amide bonds. The first kappa shape index (κ1) is 16.3. The summed E-state index contributed by atoms with van der Waals surface area (Å²) in [6, 6.07) is 3.69. The molecule has 3 heterocycles. The third kappa shape index (κ3) is 2.82. The smallest absolute Gasteiger partial charge is 0.225 e. The first-order valence-electron chi connectivity index (χ1n) is 7.42. The number of halogens is 3. The normalized spacial score (nSPS) is 11.2. The Hall–Kier alpha value is -3.20. The number of fused-ring (bicyclic) bond motifs is 1. The van der Waals surface area contributed by atoms with Crippen LogP contribution in [0.5, 0.6) is 0 Å². The van der Waals surface area contributed by atoms with Crippen LogP contribution in [-0.2, 0) is 6.54 Å². The lowest BCUT2D eigenvalue weighted by atomic mass is 10.2. The minimum absolute atomic E-state index is 0.0416. The number of hydrogen-bond acceptors (Lipinski definition) is 6. The maximum absolute atomic E-state index is 13.9. The highest BCUT2D eigenvalue weighted by Crippen LogP contribution is 2.26. The molecule has 2 N–H and O–H groups in total. The Bertz CT molecular complexity index is 1090. The molecular weight excluding hydrogens is 364 g/mol. The third-order valence-corrected chi connectivity index (χ3v) is 3.94. The maximum atomic E-state index is 13.9. The predicted octanol–water partition coefficient (Wildman–Crippen LogP) is 2.85. The van der Waals surface area contributed by atoms with Gasteiger partial charge in [-0.15, -0.1) is 0 Å². The van der Waals surface area contributed by atoms with E-state index in [1.807, 2.05) is 0 Å². The van der Waals surface area contributed by atoms with Crippen LogP contribution >= 0.6 is 11.6 Å². The summed E-state index contributed by atoms with van der Waals surface area (Å²) in [7, 11) is 0. The summed E-state index contributed by atoms with van der Waals surface area (Å²) in [5, 5.41) is -0.0416. The molecule has 3 aromatic heterocycles. The third-order valence-electron chi connectivity index (χ3n) is 3.77. The van der Waals surface area contributed by atoms with Gasteiger partial charge in [0.2, 0.25) is 11.2 Å². The van der Waals surface area contributed by atoms with Crippen LogP contribution in [-0.4, -0.2) is 29.5 Å². The van der Waals surface area contributed by atoms with E-state index in [1.54, 1.807) is 0 Å². The molecule has 0 fully saturated rings. The van der Waals surface area contributed by atoms with Crippen molar-refractivity contribution in [3.8, 4) is 11.3 Å². The van der Waals surface area contributed by atoms with Crippen LogP contribution in [0.15, 0.2) is 36.9 Å². The van der Waals surface area contributed by atoms with Crippen molar-refractivity contribution in [3.05, 3.63) is 59.4 Å². The second-order valence-corrected chi connectivity index (χ2v) is 5.75. The average molecular weight is 374 g/mol. The van der Waals surface area contributed by atoms with Crippen molar-refractivity contribution in [1.29, 1.82) is 0 Å². The number of rotatable bonds is 3. The zero-order valence-corrected chi connectivity index (χ0v) is 13.8. The van der Waals surface area contributed by atoms with Gasteiger partial charge in [0, 0.05) is 23.5 Å². The summed E-state index contributed by atoms with van der Waals surface area (Å²) in [4.78, 5) is 20.4. The van der Waals surface area contributed by atoms with Crippen molar-refractivity contribution in [1.82, 2.24) is 29.5 Å². The number of nitrogens with two attached hydrogens (primary N) is 1. The highest BCUT2D eigenvalue weighted by atomic mass is 35.5. The van der Waals surface area contributed by atoms with Crippen molar-refractivity contribution >= 4 is 28.7 Å². The van der Waals surface area contributed by atoms with Gasteiger partial charge >= 0.3 is 0 Å². The van der Waals surface area contributed by atoms with Crippen LogP contribution in [0, 0.1) is 11.6 Å². The summed E-state index contributed by atoms with van der Waals surface area (Å²) >= 11 is 6.02. The highest BCUT2D eigenvalue weighted by Gasteiger charge is 2.17. The van der Waals surface area contributed by atoms with E-state index in [0.29, 0.717) is 22.4 Å². The second-order valence-electron chi connectivity index (χ2n) is 5.42. The number of nitrogen functional groups attached to an aromatic ring is 1. The molecule has 10 heteroatoms. The fourth-order valence-electron chi connectivity index (χ4n) is 2.55. The summed E-state index contributed by atoms with van der Waals surface area (Å²) < 4.78 is 29.4. The summed E-state index contributed by atoms with van der Waals surface area (Å²) in [6.45, 7) is -0.0972. The van der Waals surface area contributed by atoms with Crippen molar-refractivity contribution in [2.75, 3.05) is 5.73 Å². The SMILES string of the molecule is Nc1ncc(-c2nc(Cl)nc3c2ncn3Cc2c(F)cccc2F)cn1. The van der Waals surface area contributed by atoms with E-state index in [9.17, 15) is 8.78 Å². The molecule has 0 aliphatic rings. The molecule has 26 heavy (non-hydrogen) atoms. The molecule has 0 spiro atoms. The largest absolute Gasteiger partial charge is 0.368 e. The predicted molar refractivity (Wildman–Crippen MR) is 91.2 cm³/mol. The van der Waals surface area contributed by atoms with Gasteiger partial charge in [-0.25, -0.2) is 28.7 Å². The molecule has 7 nitrogen and oxygen atoms in total. The molecule has 0 radical (unpaired) electrons. The number of aromatic nitrogens is 6. The second kappa shape index (κ2) is 6.26. The molecule has 4 rings (SSSR count). The highest BCUT2D eigenvalue weighted by molar-refractivity contribution is 6.28. The van der Waals surface area contributed by atoms with E-state index in [2.05, 4.69) is 24.9 Å². The Morgan fingerprint density at radius 1 is 1.04 bits per heavy atom. The minimum Gasteiger partial charge on any atom is -0.368 e. The van der Waals surface area contributed by atoms with Crippen LogP contribution in [0.25, 0.3) is 22.4 Å². The van der Waals surface area contributed by atoms with Crippen LogP contribution in [0.3, 0.4) is 0 Å². The average Bonchev–Trinajstić information content (AvgIpc) is 3.01. The Labute approximate surface area is 150 Å². The van der Waals surface area contributed by atoms with Gasteiger partial charge in [-0.2, -0.15) is 4.98 Å².